The molecule has 2 heteroatoms. The van der Waals surface area contributed by atoms with Crippen LogP contribution >= 0.6 is 0 Å². The summed E-state index contributed by atoms with van der Waals surface area (Å²) in [6.07, 6.45) is 3.13. The summed E-state index contributed by atoms with van der Waals surface area (Å²) < 4.78 is 0. The number of benzene rings is 1. The van der Waals surface area contributed by atoms with Crippen LogP contribution in [-0.2, 0) is 0 Å². The summed E-state index contributed by atoms with van der Waals surface area (Å²) in [7, 11) is 0. The van der Waals surface area contributed by atoms with Crippen LogP contribution in [0.1, 0.15) is 35.2 Å². The molecule has 74 valence electrons. The molecule has 0 aliphatic heterocycles. The van der Waals surface area contributed by atoms with Crippen molar-refractivity contribution in [3.05, 3.63) is 29.3 Å². The Bertz CT molecular complexity index is 367. The number of hydrogen-bond acceptors (Lipinski definition) is 2. The maximum atomic E-state index is 11.8. The van der Waals surface area contributed by atoms with E-state index in [1.54, 1.807) is 0 Å². The first kappa shape index (κ1) is 9.25. The van der Waals surface area contributed by atoms with Crippen LogP contribution in [-0.4, -0.2) is 5.78 Å². The molecule has 2 N–H and O–H groups in total. The summed E-state index contributed by atoms with van der Waals surface area (Å²) in [5, 5.41) is 0. The highest BCUT2D eigenvalue weighted by Crippen LogP contribution is 2.34. The van der Waals surface area contributed by atoms with Gasteiger partial charge in [-0.05, 0) is 37.3 Å². The van der Waals surface area contributed by atoms with Crippen molar-refractivity contribution < 1.29 is 4.79 Å². The Hall–Kier alpha value is -1.31. The van der Waals surface area contributed by atoms with E-state index in [4.69, 9.17) is 5.73 Å². The minimum atomic E-state index is 0.248. The molecule has 0 atom stereocenters. The second-order valence-corrected chi connectivity index (χ2v) is 4.09. The predicted octanol–water partition coefficient (Wildman–Crippen LogP) is 2.56. The van der Waals surface area contributed by atoms with Crippen molar-refractivity contribution in [1.29, 1.82) is 0 Å². The summed E-state index contributed by atoms with van der Waals surface area (Å²) in [4.78, 5) is 11.8. The van der Waals surface area contributed by atoms with Crippen molar-refractivity contribution >= 4 is 11.5 Å². The molecule has 2 nitrogen and oxygen atoms in total. The molecule has 1 aromatic carbocycles. The minimum Gasteiger partial charge on any atom is -0.398 e. The molecule has 0 bridgehead atoms. The van der Waals surface area contributed by atoms with Crippen molar-refractivity contribution in [2.24, 2.45) is 5.92 Å². The zero-order valence-electron chi connectivity index (χ0n) is 8.42. The fourth-order valence-electron chi connectivity index (χ4n) is 1.65. The fraction of sp³-hybridized carbons (Fsp3) is 0.417. The topological polar surface area (TPSA) is 43.1 Å². The normalized spacial score (nSPS) is 15.5. The van der Waals surface area contributed by atoms with E-state index in [-0.39, 0.29) is 5.78 Å². The maximum absolute atomic E-state index is 11.8. The molecule has 0 unspecified atom stereocenters. The van der Waals surface area contributed by atoms with Crippen LogP contribution in [0.2, 0.25) is 0 Å². The third kappa shape index (κ3) is 1.79. The van der Waals surface area contributed by atoms with Gasteiger partial charge in [0.05, 0.1) is 0 Å². The summed E-state index contributed by atoms with van der Waals surface area (Å²) in [5.74, 6) is 0.889. The summed E-state index contributed by atoms with van der Waals surface area (Å²) in [6, 6.07) is 5.56. The number of nitrogens with two attached hydrogens (primary N) is 1. The third-order valence-electron chi connectivity index (χ3n) is 2.85. The van der Waals surface area contributed by atoms with Crippen LogP contribution in [0, 0.1) is 12.8 Å². The average molecular weight is 189 g/mol. The number of nitrogen functional groups attached to an aromatic ring is 1. The van der Waals surface area contributed by atoms with Crippen LogP contribution in [0.15, 0.2) is 18.2 Å². The minimum absolute atomic E-state index is 0.248. The van der Waals surface area contributed by atoms with Gasteiger partial charge in [0, 0.05) is 17.7 Å². The average Bonchev–Trinajstić information content (AvgIpc) is 2.93. The lowest BCUT2D eigenvalue weighted by Gasteiger charge is -2.06. The van der Waals surface area contributed by atoms with E-state index in [2.05, 4.69) is 0 Å². The van der Waals surface area contributed by atoms with Gasteiger partial charge in [-0.15, -0.1) is 0 Å². The molecule has 2 rings (SSSR count). The van der Waals surface area contributed by atoms with Crippen LogP contribution < -0.4 is 5.73 Å². The standard InChI is InChI=1S/C12H15NO/c1-8-10(3-2-4-11(8)13)12(14)7-9-5-6-9/h2-4,9H,5-7,13H2,1H3. The second-order valence-electron chi connectivity index (χ2n) is 4.09. The Kier molecular flexibility index (Phi) is 2.28. The largest absolute Gasteiger partial charge is 0.398 e. The lowest BCUT2D eigenvalue weighted by Crippen LogP contribution is -2.04. The fourth-order valence-corrected chi connectivity index (χ4v) is 1.65. The van der Waals surface area contributed by atoms with Crippen LogP contribution in [0.25, 0.3) is 0 Å². The molecule has 1 fully saturated rings. The first-order valence-corrected chi connectivity index (χ1v) is 5.07. The van der Waals surface area contributed by atoms with Gasteiger partial charge >= 0.3 is 0 Å². The van der Waals surface area contributed by atoms with Gasteiger partial charge in [0.25, 0.3) is 0 Å². The van der Waals surface area contributed by atoms with Gasteiger partial charge in [-0.1, -0.05) is 12.1 Å². The van der Waals surface area contributed by atoms with E-state index >= 15 is 0 Å². The van der Waals surface area contributed by atoms with Gasteiger partial charge in [-0.3, -0.25) is 4.79 Å². The van der Waals surface area contributed by atoms with Gasteiger partial charge in [0.15, 0.2) is 5.78 Å². The molecule has 0 radical (unpaired) electrons. The smallest absolute Gasteiger partial charge is 0.163 e. The summed E-state index contributed by atoms with van der Waals surface area (Å²) in [5.41, 5.74) is 8.20. The molecule has 1 aliphatic carbocycles. The van der Waals surface area contributed by atoms with Crippen molar-refractivity contribution in [3.63, 3.8) is 0 Å². The highest BCUT2D eigenvalue weighted by Gasteiger charge is 2.25. The number of ketones is 1. The number of Topliss-reactive ketones (excluding diaryl/α,β-unsaturated/α-hetero) is 1. The Morgan fingerprint density at radius 3 is 2.86 bits per heavy atom. The zero-order valence-corrected chi connectivity index (χ0v) is 8.42. The van der Waals surface area contributed by atoms with E-state index in [1.807, 2.05) is 25.1 Å². The molecule has 0 amide bonds. The maximum Gasteiger partial charge on any atom is 0.163 e. The number of carbonyl (C=O) groups is 1. The Labute approximate surface area is 84.1 Å². The van der Waals surface area contributed by atoms with Gasteiger partial charge in [0.1, 0.15) is 0 Å². The van der Waals surface area contributed by atoms with E-state index in [1.165, 1.54) is 12.8 Å². The molecule has 0 saturated heterocycles. The SMILES string of the molecule is Cc1c(N)cccc1C(=O)CC1CC1. The number of rotatable bonds is 3. The molecule has 1 aromatic rings. The molecule has 14 heavy (non-hydrogen) atoms. The summed E-state index contributed by atoms with van der Waals surface area (Å²) in [6.45, 7) is 1.91. The Morgan fingerprint density at radius 1 is 1.50 bits per heavy atom. The quantitative estimate of drug-likeness (QED) is 0.586. The van der Waals surface area contributed by atoms with Gasteiger partial charge < -0.3 is 5.73 Å². The Morgan fingerprint density at radius 2 is 2.21 bits per heavy atom. The monoisotopic (exact) mass is 189 g/mol. The first-order valence-electron chi connectivity index (χ1n) is 5.07. The molecular weight excluding hydrogens is 174 g/mol. The van der Waals surface area contributed by atoms with Crippen LogP contribution in [0.5, 0.6) is 0 Å². The lowest BCUT2D eigenvalue weighted by molar-refractivity contribution is 0.0975. The lowest BCUT2D eigenvalue weighted by atomic mass is 10.00. The molecule has 1 aliphatic rings. The molecule has 0 aromatic heterocycles. The van der Waals surface area contributed by atoms with E-state index in [0.717, 1.165) is 11.1 Å². The molecule has 0 spiro atoms. The highest BCUT2D eigenvalue weighted by atomic mass is 16.1. The van der Waals surface area contributed by atoms with Crippen LogP contribution in [0.4, 0.5) is 5.69 Å². The van der Waals surface area contributed by atoms with Crippen molar-refractivity contribution in [2.45, 2.75) is 26.2 Å². The van der Waals surface area contributed by atoms with E-state index in [0.29, 0.717) is 18.0 Å². The van der Waals surface area contributed by atoms with Gasteiger partial charge in [-0.2, -0.15) is 0 Å². The van der Waals surface area contributed by atoms with Crippen molar-refractivity contribution in [3.8, 4) is 0 Å². The molecular formula is C12H15NO. The van der Waals surface area contributed by atoms with E-state index < -0.39 is 0 Å². The van der Waals surface area contributed by atoms with Crippen molar-refractivity contribution in [2.75, 3.05) is 5.73 Å². The van der Waals surface area contributed by atoms with Gasteiger partial charge in [0.2, 0.25) is 0 Å². The van der Waals surface area contributed by atoms with Gasteiger partial charge in [-0.25, -0.2) is 0 Å². The van der Waals surface area contributed by atoms with E-state index in [9.17, 15) is 4.79 Å². The molecule has 1 saturated carbocycles. The zero-order chi connectivity index (χ0) is 10.1. The number of anilines is 1. The first-order chi connectivity index (χ1) is 6.68. The van der Waals surface area contributed by atoms with Crippen LogP contribution in [0.3, 0.4) is 0 Å². The third-order valence-corrected chi connectivity index (χ3v) is 2.85. The predicted molar refractivity (Wildman–Crippen MR) is 57.3 cm³/mol. The molecule has 0 heterocycles. The Balaban J connectivity index is 2.21. The summed E-state index contributed by atoms with van der Waals surface area (Å²) >= 11 is 0. The highest BCUT2D eigenvalue weighted by molar-refractivity contribution is 5.98. The second kappa shape index (κ2) is 3.45. The number of hydrogen-bond donors (Lipinski definition) is 1. The van der Waals surface area contributed by atoms with Crippen molar-refractivity contribution in [1.82, 2.24) is 0 Å². The number of carbonyl (C=O) groups excluding carboxylic acids is 1.